The number of hydrogen-bond donors (Lipinski definition) is 1. The van der Waals surface area contributed by atoms with Crippen molar-refractivity contribution in [2.75, 3.05) is 16.5 Å². The molecule has 0 radical (unpaired) electrons. The van der Waals surface area contributed by atoms with E-state index in [0.29, 0.717) is 10.7 Å². The zero-order valence-corrected chi connectivity index (χ0v) is 17.2. The largest absolute Gasteiger partial charge is 0.433 e. The summed E-state index contributed by atoms with van der Waals surface area (Å²) in [5, 5.41) is 1.53. The topological polar surface area (TPSA) is 78.4 Å². The third kappa shape index (κ3) is 4.33. The number of anilines is 2. The van der Waals surface area contributed by atoms with Crippen molar-refractivity contribution >= 4 is 35.1 Å². The standard InChI is InChI=1S/C19H19ClF3N5O2/c1-4-27(12-5-6-13(20)10(2)7-12)17(30)14-9-16(29)26-28(14)18-24-11(3)8-15(25-18)19(21,22)23/h5-8,14H,4,9H2,1-3H3,(H,26,29). The van der Waals surface area contributed by atoms with Gasteiger partial charge in [0.2, 0.25) is 11.9 Å². The van der Waals surface area contributed by atoms with Gasteiger partial charge in [-0.2, -0.15) is 13.2 Å². The van der Waals surface area contributed by atoms with Gasteiger partial charge >= 0.3 is 6.18 Å². The second-order valence-corrected chi connectivity index (χ2v) is 7.24. The Hall–Kier alpha value is -2.88. The summed E-state index contributed by atoms with van der Waals surface area (Å²) in [7, 11) is 0. The van der Waals surface area contributed by atoms with E-state index in [1.807, 2.05) is 0 Å². The van der Waals surface area contributed by atoms with Crippen LogP contribution in [0.3, 0.4) is 0 Å². The number of carbonyl (C=O) groups is 2. The summed E-state index contributed by atoms with van der Waals surface area (Å²) >= 11 is 6.05. The molecule has 2 aromatic rings. The molecule has 0 saturated carbocycles. The Bertz CT molecular complexity index is 999. The molecule has 0 aliphatic carbocycles. The van der Waals surface area contributed by atoms with Crippen molar-refractivity contribution in [2.24, 2.45) is 0 Å². The maximum atomic E-state index is 13.3. The molecule has 1 unspecified atom stereocenters. The normalized spacial score (nSPS) is 16.6. The van der Waals surface area contributed by atoms with Crippen molar-refractivity contribution in [3.05, 3.63) is 46.2 Å². The van der Waals surface area contributed by atoms with Gasteiger partial charge in [0.1, 0.15) is 11.7 Å². The van der Waals surface area contributed by atoms with Crippen LogP contribution in [0.5, 0.6) is 0 Å². The van der Waals surface area contributed by atoms with E-state index in [1.165, 1.54) is 11.8 Å². The first-order valence-corrected chi connectivity index (χ1v) is 9.48. The van der Waals surface area contributed by atoms with E-state index in [0.717, 1.165) is 16.6 Å². The summed E-state index contributed by atoms with van der Waals surface area (Å²) in [5.74, 6) is -1.39. The highest BCUT2D eigenvalue weighted by atomic mass is 35.5. The number of nitrogens with zero attached hydrogens (tertiary/aromatic N) is 4. The summed E-state index contributed by atoms with van der Waals surface area (Å²) in [5.41, 5.74) is 2.61. The molecule has 3 rings (SSSR count). The van der Waals surface area contributed by atoms with Crippen molar-refractivity contribution in [1.29, 1.82) is 0 Å². The van der Waals surface area contributed by atoms with E-state index >= 15 is 0 Å². The molecule has 1 atom stereocenters. The molecule has 30 heavy (non-hydrogen) atoms. The van der Waals surface area contributed by atoms with Crippen molar-refractivity contribution < 1.29 is 22.8 Å². The number of alkyl halides is 3. The molecular weight excluding hydrogens is 423 g/mol. The van der Waals surface area contributed by atoms with E-state index in [1.54, 1.807) is 32.0 Å². The number of aryl methyl sites for hydroxylation is 2. The van der Waals surface area contributed by atoms with Gasteiger partial charge in [0, 0.05) is 22.9 Å². The Labute approximate surface area is 175 Å². The molecule has 1 aromatic carbocycles. The Balaban J connectivity index is 1.98. The van der Waals surface area contributed by atoms with E-state index < -0.39 is 35.7 Å². The Morgan fingerprint density at radius 2 is 2.00 bits per heavy atom. The number of benzene rings is 1. The lowest BCUT2D eigenvalue weighted by Crippen LogP contribution is -2.49. The fraction of sp³-hybridized carbons (Fsp3) is 0.368. The molecule has 7 nitrogen and oxygen atoms in total. The number of likely N-dealkylation sites (N-methyl/N-ethyl adjacent to an activating group) is 1. The van der Waals surface area contributed by atoms with Crippen molar-refractivity contribution in [3.63, 3.8) is 0 Å². The first-order valence-electron chi connectivity index (χ1n) is 9.10. The Morgan fingerprint density at radius 1 is 1.30 bits per heavy atom. The maximum Gasteiger partial charge on any atom is 0.433 e. The molecule has 1 aliphatic rings. The highest BCUT2D eigenvalue weighted by molar-refractivity contribution is 6.31. The van der Waals surface area contributed by atoms with E-state index in [2.05, 4.69) is 15.4 Å². The number of aromatic nitrogens is 2. The van der Waals surface area contributed by atoms with Crippen molar-refractivity contribution in [2.45, 2.75) is 39.4 Å². The van der Waals surface area contributed by atoms with Crippen LogP contribution in [0.2, 0.25) is 5.02 Å². The fourth-order valence-corrected chi connectivity index (χ4v) is 3.28. The summed E-state index contributed by atoms with van der Waals surface area (Å²) in [4.78, 5) is 34.2. The summed E-state index contributed by atoms with van der Waals surface area (Å²) in [6.07, 6.45) is -4.93. The minimum absolute atomic E-state index is 0.0559. The van der Waals surface area contributed by atoms with Crippen LogP contribution < -0.4 is 15.3 Å². The molecule has 1 fully saturated rings. The zero-order valence-electron chi connectivity index (χ0n) is 16.4. The van der Waals surface area contributed by atoms with E-state index in [9.17, 15) is 22.8 Å². The van der Waals surface area contributed by atoms with Gasteiger partial charge < -0.3 is 4.90 Å². The van der Waals surface area contributed by atoms with Crippen LogP contribution in [0.15, 0.2) is 24.3 Å². The lowest BCUT2D eigenvalue weighted by Gasteiger charge is -2.29. The number of carbonyl (C=O) groups excluding carboxylic acids is 2. The number of amides is 2. The van der Waals surface area contributed by atoms with Crippen LogP contribution >= 0.6 is 11.6 Å². The van der Waals surface area contributed by atoms with Gasteiger partial charge in [-0.15, -0.1) is 0 Å². The summed E-state index contributed by atoms with van der Waals surface area (Å²) < 4.78 is 39.5. The molecule has 2 amide bonds. The number of hydrogen-bond acceptors (Lipinski definition) is 5. The number of nitrogens with one attached hydrogen (secondary N) is 1. The average Bonchev–Trinajstić information content (AvgIpc) is 3.06. The van der Waals surface area contributed by atoms with Gasteiger partial charge in [0.25, 0.3) is 5.91 Å². The van der Waals surface area contributed by atoms with Crippen LogP contribution in [0.1, 0.15) is 30.3 Å². The monoisotopic (exact) mass is 441 g/mol. The molecule has 1 saturated heterocycles. The lowest BCUT2D eigenvalue weighted by molar-refractivity contribution is -0.141. The molecule has 2 heterocycles. The van der Waals surface area contributed by atoms with Crippen LogP contribution in [-0.2, 0) is 15.8 Å². The molecule has 160 valence electrons. The van der Waals surface area contributed by atoms with E-state index in [4.69, 9.17) is 11.6 Å². The molecule has 1 N–H and O–H groups in total. The van der Waals surface area contributed by atoms with Gasteiger partial charge in [0.15, 0.2) is 0 Å². The summed E-state index contributed by atoms with van der Waals surface area (Å²) in [6.45, 7) is 5.20. The van der Waals surface area contributed by atoms with Crippen LogP contribution in [-0.4, -0.2) is 34.4 Å². The number of rotatable bonds is 4. The fourth-order valence-electron chi connectivity index (χ4n) is 3.16. The van der Waals surface area contributed by atoms with Gasteiger partial charge in [0.05, 0.1) is 6.42 Å². The second-order valence-electron chi connectivity index (χ2n) is 6.83. The highest BCUT2D eigenvalue weighted by Crippen LogP contribution is 2.30. The first-order chi connectivity index (χ1) is 14.0. The van der Waals surface area contributed by atoms with Gasteiger partial charge in [-0.1, -0.05) is 11.6 Å². The third-order valence-electron chi connectivity index (χ3n) is 4.60. The third-order valence-corrected chi connectivity index (χ3v) is 5.03. The first kappa shape index (κ1) is 21.8. The average molecular weight is 442 g/mol. The predicted octanol–water partition coefficient (Wildman–Crippen LogP) is 3.43. The minimum atomic E-state index is -4.69. The summed E-state index contributed by atoms with van der Waals surface area (Å²) in [6, 6.07) is 4.74. The van der Waals surface area contributed by atoms with Gasteiger partial charge in [-0.05, 0) is 50.6 Å². The van der Waals surface area contributed by atoms with Crippen LogP contribution in [0.25, 0.3) is 0 Å². The van der Waals surface area contributed by atoms with E-state index in [-0.39, 0.29) is 18.7 Å². The molecule has 0 bridgehead atoms. The van der Waals surface area contributed by atoms with Gasteiger partial charge in [-0.25, -0.2) is 15.0 Å². The number of hydrazine groups is 1. The smallest absolute Gasteiger partial charge is 0.311 e. The second kappa shape index (κ2) is 8.10. The van der Waals surface area contributed by atoms with Crippen molar-refractivity contribution in [1.82, 2.24) is 15.4 Å². The van der Waals surface area contributed by atoms with Crippen LogP contribution in [0.4, 0.5) is 24.8 Å². The molecule has 1 aliphatic heterocycles. The Kier molecular flexibility index (Phi) is 5.89. The quantitative estimate of drug-likeness (QED) is 0.786. The Morgan fingerprint density at radius 3 is 2.60 bits per heavy atom. The molecule has 11 heteroatoms. The SMILES string of the molecule is CCN(C(=O)C1CC(=O)NN1c1nc(C)cc(C(F)(F)F)n1)c1ccc(Cl)c(C)c1. The lowest BCUT2D eigenvalue weighted by atomic mass is 10.1. The van der Waals surface area contributed by atoms with Crippen LogP contribution in [0, 0.1) is 13.8 Å². The number of halogens is 4. The molecule has 0 spiro atoms. The minimum Gasteiger partial charge on any atom is -0.311 e. The zero-order chi connectivity index (χ0) is 22.2. The predicted molar refractivity (Wildman–Crippen MR) is 105 cm³/mol. The maximum absolute atomic E-state index is 13.3. The molecule has 1 aromatic heterocycles. The molecular formula is C19H19ClF3N5O2. The van der Waals surface area contributed by atoms with Gasteiger partial charge in [-0.3, -0.25) is 15.0 Å². The highest BCUT2D eigenvalue weighted by Gasteiger charge is 2.41. The van der Waals surface area contributed by atoms with Crippen molar-refractivity contribution in [3.8, 4) is 0 Å².